The second-order valence-electron chi connectivity index (χ2n) is 8.58. The van der Waals surface area contributed by atoms with Gasteiger partial charge in [-0.05, 0) is 35.8 Å². The molecule has 1 aromatic heterocycles. The summed E-state index contributed by atoms with van der Waals surface area (Å²) in [5.41, 5.74) is 6.61. The van der Waals surface area contributed by atoms with Gasteiger partial charge in [0.25, 0.3) is 5.91 Å². The third-order valence-corrected chi connectivity index (χ3v) is 7.23. The van der Waals surface area contributed by atoms with Crippen LogP contribution in [0.3, 0.4) is 0 Å². The van der Waals surface area contributed by atoms with Crippen LogP contribution in [0.2, 0.25) is 0 Å². The number of thioether (sulfide) groups is 1. The second-order valence-corrected chi connectivity index (χ2v) is 9.42. The smallest absolute Gasteiger partial charge is 0.283 e. The standard InChI is InChI=1S/C29H22N4OS/c1-19-9-5-6-12-21(19)16-32-17-22(23-13-7-8-14-25(23)32)15-24-27(30)33-26(20-10-3-2-4-11-20)18-35-29(33)31-28(24)34/h2-15,17-18,30H,16H2,1H3/b24-15-,30-27?. The van der Waals surface area contributed by atoms with Crippen molar-refractivity contribution in [1.82, 2.24) is 9.47 Å². The number of carbonyl (C=O) groups excluding carboxylic acids is 1. The molecule has 0 atom stereocenters. The van der Waals surface area contributed by atoms with Gasteiger partial charge in [-0.3, -0.25) is 15.1 Å². The summed E-state index contributed by atoms with van der Waals surface area (Å²) < 4.78 is 2.21. The van der Waals surface area contributed by atoms with E-state index in [1.54, 1.807) is 4.90 Å². The fourth-order valence-electron chi connectivity index (χ4n) is 4.56. The molecule has 1 amide bonds. The fourth-order valence-corrected chi connectivity index (χ4v) is 5.45. The van der Waals surface area contributed by atoms with Gasteiger partial charge in [0.05, 0.1) is 11.3 Å². The molecule has 6 heteroatoms. The largest absolute Gasteiger partial charge is 0.342 e. The van der Waals surface area contributed by atoms with Crippen molar-refractivity contribution in [3.05, 3.63) is 118 Å². The van der Waals surface area contributed by atoms with Gasteiger partial charge in [0.2, 0.25) is 0 Å². The van der Waals surface area contributed by atoms with Gasteiger partial charge in [-0.1, -0.05) is 84.6 Å². The van der Waals surface area contributed by atoms with Crippen LogP contribution in [0.5, 0.6) is 0 Å². The fraction of sp³-hybridized carbons (Fsp3) is 0.0690. The topological polar surface area (TPSA) is 61.5 Å². The first-order valence-corrected chi connectivity index (χ1v) is 12.3. The van der Waals surface area contributed by atoms with Gasteiger partial charge in [0.15, 0.2) is 5.17 Å². The lowest BCUT2D eigenvalue weighted by Crippen LogP contribution is -2.37. The van der Waals surface area contributed by atoms with Gasteiger partial charge in [0.1, 0.15) is 5.84 Å². The molecule has 0 bridgehead atoms. The normalized spacial score (nSPS) is 16.6. The van der Waals surface area contributed by atoms with Crippen LogP contribution < -0.4 is 0 Å². The number of benzene rings is 3. The molecule has 5 nitrogen and oxygen atoms in total. The number of rotatable bonds is 4. The lowest BCUT2D eigenvalue weighted by atomic mass is 10.1. The summed E-state index contributed by atoms with van der Waals surface area (Å²) >= 11 is 1.38. The van der Waals surface area contributed by atoms with E-state index in [4.69, 9.17) is 5.41 Å². The van der Waals surface area contributed by atoms with Crippen molar-refractivity contribution in [3.63, 3.8) is 0 Å². The highest BCUT2D eigenvalue weighted by atomic mass is 32.2. The number of amidine groups is 2. The zero-order chi connectivity index (χ0) is 23.9. The van der Waals surface area contributed by atoms with Crippen LogP contribution in [0.1, 0.15) is 22.3 Å². The van der Waals surface area contributed by atoms with Crippen molar-refractivity contribution in [1.29, 1.82) is 5.41 Å². The minimum absolute atomic E-state index is 0.149. The van der Waals surface area contributed by atoms with Gasteiger partial charge in [-0.2, -0.15) is 4.99 Å². The van der Waals surface area contributed by atoms with E-state index >= 15 is 0 Å². The molecule has 3 heterocycles. The van der Waals surface area contributed by atoms with Gasteiger partial charge in [0, 0.05) is 34.6 Å². The molecule has 3 aromatic carbocycles. The molecule has 4 aromatic rings. The van der Waals surface area contributed by atoms with Crippen molar-refractivity contribution in [2.45, 2.75) is 13.5 Å². The number of hydrogen-bond donors (Lipinski definition) is 1. The highest BCUT2D eigenvalue weighted by Gasteiger charge is 2.36. The molecule has 0 radical (unpaired) electrons. The Hall–Kier alpha value is -4.16. The summed E-state index contributed by atoms with van der Waals surface area (Å²) in [6.45, 7) is 2.85. The molecule has 2 aliphatic heterocycles. The maximum absolute atomic E-state index is 13.0. The van der Waals surface area contributed by atoms with Gasteiger partial charge < -0.3 is 4.57 Å². The molecule has 35 heavy (non-hydrogen) atoms. The monoisotopic (exact) mass is 474 g/mol. The van der Waals surface area contributed by atoms with E-state index in [1.807, 2.05) is 60.0 Å². The molecular formula is C29H22N4OS. The Labute approximate surface area is 207 Å². The van der Waals surface area contributed by atoms with E-state index in [2.05, 4.69) is 53.0 Å². The molecule has 0 saturated carbocycles. The van der Waals surface area contributed by atoms with E-state index in [1.165, 1.54) is 22.9 Å². The molecule has 1 N–H and O–H groups in total. The van der Waals surface area contributed by atoms with Gasteiger partial charge in [-0.25, -0.2) is 0 Å². The zero-order valence-electron chi connectivity index (χ0n) is 19.1. The first kappa shape index (κ1) is 21.4. The van der Waals surface area contributed by atoms with Crippen molar-refractivity contribution >= 4 is 51.3 Å². The summed E-state index contributed by atoms with van der Waals surface area (Å²) in [7, 11) is 0. The van der Waals surface area contributed by atoms with E-state index < -0.39 is 0 Å². The van der Waals surface area contributed by atoms with Crippen LogP contribution in [0.25, 0.3) is 22.7 Å². The van der Waals surface area contributed by atoms with Crippen molar-refractivity contribution in [2.24, 2.45) is 4.99 Å². The number of carbonyl (C=O) groups is 1. The maximum atomic E-state index is 13.0. The van der Waals surface area contributed by atoms with E-state index in [0.29, 0.717) is 5.17 Å². The Balaban J connectivity index is 1.42. The SMILES string of the molecule is Cc1ccccc1Cn1cc(/C=C2/C(=N)N3C(c4ccccc4)=CSC3=NC2=O)c2ccccc21. The predicted molar refractivity (Wildman–Crippen MR) is 144 cm³/mol. The Morgan fingerprint density at radius 2 is 1.71 bits per heavy atom. The van der Waals surface area contributed by atoms with Crippen LogP contribution in [0, 0.1) is 12.3 Å². The summed E-state index contributed by atoms with van der Waals surface area (Å²) in [6, 6.07) is 26.4. The number of hydrogen-bond acceptors (Lipinski definition) is 3. The van der Waals surface area contributed by atoms with Crippen LogP contribution in [-0.2, 0) is 11.3 Å². The minimum atomic E-state index is -0.382. The number of nitrogens with one attached hydrogen (secondary N) is 1. The summed E-state index contributed by atoms with van der Waals surface area (Å²) in [6.07, 6.45) is 3.88. The Bertz CT molecular complexity index is 1590. The van der Waals surface area contributed by atoms with Crippen molar-refractivity contribution < 1.29 is 4.79 Å². The molecule has 0 saturated heterocycles. The number of aliphatic imine (C=N–C) groups is 1. The summed E-state index contributed by atoms with van der Waals surface area (Å²) in [4.78, 5) is 19.1. The first-order chi connectivity index (χ1) is 17.1. The molecule has 170 valence electrons. The van der Waals surface area contributed by atoms with Crippen LogP contribution in [-0.4, -0.2) is 26.4 Å². The average molecular weight is 475 g/mol. The molecule has 0 spiro atoms. The van der Waals surface area contributed by atoms with E-state index in [-0.39, 0.29) is 17.3 Å². The van der Waals surface area contributed by atoms with Crippen molar-refractivity contribution in [2.75, 3.05) is 0 Å². The average Bonchev–Trinajstić information content (AvgIpc) is 3.45. The lowest BCUT2D eigenvalue weighted by Gasteiger charge is -2.26. The molecule has 0 unspecified atom stereocenters. The minimum Gasteiger partial charge on any atom is -0.342 e. The lowest BCUT2D eigenvalue weighted by molar-refractivity contribution is -0.114. The van der Waals surface area contributed by atoms with Crippen molar-refractivity contribution in [3.8, 4) is 0 Å². The molecule has 2 aliphatic rings. The summed E-state index contributed by atoms with van der Waals surface area (Å²) in [5, 5.41) is 12.5. The zero-order valence-corrected chi connectivity index (χ0v) is 19.9. The number of fused-ring (bicyclic) bond motifs is 2. The number of nitrogens with zero attached hydrogens (tertiary/aromatic N) is 3. The number of aromatic nitrogens is 1. The van der Waals surface area contributed by atoms with Crippen LogP contribution in [0.4, 0.5) is 0 Å². The van der Waals surface area contributed by atoms with E-state index in [9.17, 15) is 4.79 Å². The molecule has 0 aliphatic carbocycles. The number of amides is 1. The molecule has 0 fully saturated rings. The van der Waals surface area contributed by atoms with Gasteiger partial charge in [-0.15, -0.1) is 0 Å². The highest BCUT2D eigenvalue weighted by Crippen LogP contribution is 2.37. The number of para-hydroxylation sites is 1. The highest BCUT2D eigenvalue weighted by molar-refractivity contribution is 8.17. The summed E-state index contributed by atoms with van der Waals surface area (Å²) in [5.74, 6) is -0.233. The molecule has 6 rings (SSSR count). The quantitative estimate of drug-likeness (QED) is 0.353. The third kappa shape index (κ3) is 3.72. The van der Waals surface area contributed by atoms with Crippen LogP contribution in [0.15, 0.2) is 101 Å². The maximum Gasteiger partial charge on any atom is 0.283 e. The first-order valence-electron chi connectivity index (χ1n) is 11.4. The Kier molecular flexibility index (Phi) is 5.23. The Morgan fingerprint density at radius 1 is 0.971 bits per heavy atom. The molecular weight excluding hydrogens is 452 g/mol. The van der Waals surface area contributed by atoms with Crippen LogP contribution >= 0.6 is 11.8 Å². The Morgan fingerprint density at radius 3 is 2.54 bits per heavy atom. The predicted octanol–water partition coefficient (Wildman–Crippen LogP) is 6.30. The number of aryl methyl sites for hydroxylation is 1. The van der Waals surface area contributed by atoms with E-state index in [0.717, 1.165) is 34.3 Å². The van der Waals surface area contributed by atoms with Gasteiger partial charge >= 0.3 is 0 Å². The second kappa shape index (κ2) is 8.56. The third-order valence-electron chi connectivity index (χ3n) is 6.41.